The third-order valence-electron chi connectivity index (χ3n) is 3.39. The van der Waals surface area contributed by atoms with E-state index in [1.807, 2.05) is 0 Å². The van der Waals surface area contributed by atoms with Crippen molar-refractivity contribution in [3.05, 3.63) is 28.2 Å². The van der Waals surface area contributed by atoms with Gasteiger partial charge in [0.15, 0.2) is 0 Å². The van der Waals surface area contributed by atoms with Crippen LogP contribution in [0.5, 0.6) is 0 Å². The second-order valence-corrected chi connectivity index (χ2v) is 5.08. The maximum Gasteiger partial charge on any atom is 0.137 e. The van der Waals surface area contributed by atoms with Crippen LogP contribution in [-0.2, 0) is 10.2 Å². The smallest absolute Gasteiger partial charge is 0.137 e. The normalized spacial score (nSPS) is 33.7. The Labute approximate surface area is 91.8 Å². The zero-order valence-corrected chi connectivity index (χ0v) is 9.60. The molecule has 2 nitrogen and oxygen atoms in total. The molecule has 14 heavy (non-hydrogen) atoms. The van der Waals surface area contributed by atoms with Gasteiger partial charge in [-0.25, -0.2) is 0 Å². The van der Waals surface area contributed by atoms with Gasteiger partial charge in [0, 0.05) is 9.89 Å². The van der Waals surface area contributed by atoms with Gasteiger partial charge in [-0.15, -0.1) is 0 Å². The molecule has 0 aromatic heterocycles. The Balaban J connectivity index is 2.20. The third-order valence-corrected chi connectivity index (χ3v) is 4.05. The van der Waals surface area contributed by atoms with Crippen molar-refractivity contribution >= 4 is 21.6 Å². The number of halogens is 1. The van der Waals surface area contributed by atoms with Gasteiger partial charge in [-0.3, -0.25) is 0 Å². The first-order valence-corrected chi connectivity index (χ1v) is 5.68. The van der Waals surface area contributed by atoms with Crippen molar-refractivity contribution in [2.75, 3.05) is 11.9 Å². The summed E-state index contributed by atoms with van der Waals surface area (Å²) in [5.74, 6) is 0. The van der Waals surface area contributed by atoms with E-state index in [2.05, 4.69) is 46.4 Å². The van der Waals surface area contributed by atoms with Crippen LogP contribution in [0.4, 0.5) is 5.69 Å². The number of nitrogens with one attached hydrogen (secondary N) is 1. The van der Waals surface area contributed by atoms with Gasteiger partial charge < -0.3 is 10.1 Å². The monoisotopic (exact) mass is 253 g/mol. The van der Waals surface area contributed by atoms with Gasteiger partial charge >= 0.3 is 0 Å². The van der Waals surface area contributed by atoms with Crippen LogP contribution in [0.2, 0.25) is 0 Å². The number of hydrogen-bond donors (Lipinski definition) is 1. The van der Waals surface area contributed by atoms with E-state index in [4.69, 9.17) is 4.74 Å². The molecule has 0 unspecified atom stereocenters. The van der Waals surface area contributed by atoms with Crippen LogP contribution in [0.1, 0.15) is 18.9 Å². The van der Waals surface area contributed by atoms with Crippen molar-refractivity contribution in [3.8, 4) is 0 Å². The molecule has 1 fully saturated rings. The van der Waals surface area contributed by atoms with E-state index in [1.165, 1.54) is 11.3 Å². The lowest BCUT2D eigenvalue weighted by molar-refractivity contribution is 0.112. The van der Waals surface area contributed by atoms with Crippen LogP contribution in [0.25, 0.3) is 0 Å². The molecule has 1 N–H and O–H groups in total. The first-order valence-electron chi connectivity index (χ1n) is 4.89. The summed E-state index contributed by atoms with van der Waals surface area (Å²) in [6.07, 6.45) is 1.27. The molecule has 2 aliphatic heterocycles. The maximum absolute atomic E-state index is 5.69. The summed E-state index contributed by atoms with van der Waals surface area (Å²) < 4.78 is 6.82. The maximum atomic E-state index is 5.69. The van der Waals surface area contributed by atoms with E-state index in [0.29, 0.717) is 0 Å². The number of benzene rings is 1. The van der Waals surface area contributed by atoms with Crippen molar-refractivity contribution in [1.82, 2.24) is 0 Å². The minimum atomic E-state index is 0.163. The average molecular weight is 254 g/mol. The zero-order valence-electron chi connectivity index (χ0n) is 8.01. The summed E-state index contributed by atoms with van der Waals surface area (Å²) in [5, 5.41) is 3.44. The van der Waals surface area contributed by atoms with E-state index in [0.717, 1.165) is 17.5 Å². The molecule has 2 atom stereocenters. The molecule has 2 heterocycles. The van der Waals surface area contributed by atoms with Crippen LogP contribution in [0.15, 0.2) is 22.7 Å². The van der Waals surface area contributed by atoms with Gasteiger partial charge in [0.2, 0.25) is 0 Å². The second kappa shape index (κ2) is 2.74. The third kappa shape index (κ3) is 0.943. The Bertz CT molecular complexity index is 393. The van der Waals surface area contributed by atoms with Gasteiger partial charge in [0.05, 0.1) is 12.3 Å². The van der Waals surface area contributed by atoms with Gasteiger partial charge in [0.25, 0.3) is 0 Å². The van der Waals surface area contributed by atoms with Crippen molar-refractivity contribution in [2.45, 2.75) is 25.0 Å². The molecule has 74 valence electrons. The fraction of sp³-hybridized carbons (Fsp3) is 0.455. The van der Waals surface area contributed by atoms with Gasteiger partial charge in [-0.1, -0.05) is 19.1 Å². The molecule has 0 bridgehead atoms. The molecule has 0 saturated carbocycles. The van der Waals surface area contributed by atoms with Crippen LogP contribution >= 0.6 is 15.9 Å². The van der Waals surface area contributed by atoms with Crippen molar-refractivity contribution < 1.29 is 4.74 Å². The number of hydrogen-bond acceptors (Lipinski definition) is 2. The van der Waals surface area contributed by atoms with Crippen LogP contribution in [0.3, 0.4) is 0 Å². The van der Waals surface area contributed by atoms with E-state index in [-0.39, 0.29) is 11.6 Å². The highest BCUT2D eigenvalue weighted by Gasteiger charge is 2.48. The highest BCUT2D eigenvalue weighted by atomic mass is 79.9. The molecular weight excluding hydrogens is 242 g/mol. The Kier molecular flexibility index (Phi) is 1.71. The molecular formula is C11H12BrNO. The standard InChI is InChI=1S/C11H12BrNO/c1-11-5-6-14-10(11)13-9-7(11)3-2-4-8(9)12/h2-4,10,13H,5-6H2,1H3/t10-,11-/m0/s1. The summed E-state index contributed by atoms with van der Waals surface area (Å²) in [4.78, 5) is 0. The number of rotatable bonds is 0. The highest BCUT2D eigenvalue weighted by Crippen LogP contribution is 2.49. The molecule has 0 radical (unpaired) electrons. The Morgan fingerprint density at radius 2 is 2.43 bits per heavy atom. The Morgan fingerprint density at radius 3 is 3.29 bits per heavy atom. The highest BCUT2D eigenvalue weighted by molar-refractivity contribution is 9.10. The average Bonchev–Trinajstić information content (AvgIpc) is 2.62. The predicted molar refractivity (Wildman–Crippen MR) is 59.5 cm³/mol. The van der Waals surface area contributed by atoms with Crippen LogP contribution < -0.4 is 5.32 Å². The van der Waals surface area contributed by atoms with Crippen molar-refractivity contribution in [3.63, 3.8) is 0 Å². The number of fused-ring (bicyclic) bond motifs is 3. The first-order chi connectivity index (χ1) is 6.72. The number of ether oxygens (including phenoxy) is 1. The lowest BCUT2D eigenvalue weighted by atomic mass is 9.82. The summed E-state index contributed by atoms with van der Waals surface area (Å²) in [6.45, 7) is 3.13. The Hall–Kier alpha value is -0.540. The SMILES string of the molecule is C[C@@]12CCO[C@@H]1Nc1c(Br)cccc12. The van der Waals surface area contributed by atoms with Crippen molar-refractivity contribution in [2.24, 2.45) is 0 Å². The van der Waals surface area contributed by atoms with Crippen LogP contribution in [0, 0.1) is 0 Å². The fourth-order valence-electron chi connectivity index (χ4n) is 2.46. The molecule has 0 amide bonds. The summed E-state index contributed by atoms with van der Waals surface area (Å²) in [7, 11) is 0. The van der Waals surface area contributed by atoms with E-state index < -0.39 is 0 Å². The van der Waals surface area contributed by atoms with Gasteiger partial charge in [0.1, 0.15) is 6.23 Å². The molecule has 0 spiro atoms. The predicted octanol–water partition coefficient (Wildman–Crippen LogP) is 2.88. The zero-order chi connectivity index (χ0) is 9.76. The summed E-state index contributed by atoms with van der Waals surface area (Å²) in [6, 6.07) is 6.36. The number of para-hydroxylation sites is 1. The lowest BCUT2D eigenvalue weighted by Gasteiger charge is -2.21. The topological polar surface area (TPSA) is 21.3 Å². The number of anilines is 1. The molecule has 3 heteroatoms. The first kappa shape index (κ1) is 8.74. The van der Waals surface area contributed by atoms with Gasteiger partial charge in [-0.05, 0) is 34.0 Å². The van der Waals surface area contributed by atoms with Gasteiger partial charge in [-0.2, -0.15) is 0 Å². The molecule has 2 aliphatic rings. The van der Waals surface area contributed by atoms with E-state index in [1.54, 1.807) is 0 Å². The van der Waals surface area contributed by atoms with E-state index in [9.17, 15) is 0 Å². The molecule has 0 aliphatic carbocycles. The molecule has 1 saturated heterocycles. The Morgan fingerprint density at radius 1 is 1.57 bits per heavy atom. The quantitative estimate of drug-likeness (QED) is 0.768. The second-order valence-electron chi connectivity index (χ2n) is 4.23. The molecule has 3 rings (SSSR count). The van der Waals surface area contributed by atoms with Crippen LogP contribution in [-0.4, -0.2) is 12.8 Å². The minimum absolute atomic E-state index is 0.163. The summed E-state index contributed by atoms with van der Waals surface area (Å²) in [5.41, 5.74) is 2.76. The molecule has 1 aromatic carbocycles. The fourth-order valence-corrected chi connectivity index (χ4v) is 2.94. The lowest BCUT2D eigenvalue weighted by Crippen LogP contribution is -2.31. The minimum Gasteiger partial charge on any atom is -0.358 e. The van der Waals surface area contributed by atoms with E-state index >= 15 is 0 Å². The molecule has 1 aromatic rings. The van der Waals surface area contributed by atoms with Crippen molar-refractivity contribution in [1.29, 1.82) is 0 Å². The summed E-state index contributed by atoms with van der Waals surface area (Å²) >= 11 is 3.56. The largest absolute Gasteiger partial charge is 0.358 e.